The second kappa shape index (κ2) is 7.24. The van der Waals surface area contributed by atoms with Crippen LogP contribution in [0.1, 0.15) is 6.42 Å². The molecular formula is C13H14O5. The van der Waals surface area contributed by atoms with Crippen LogP contribution < -0.4 is 4.74 Å². The van der Waals surface area contributed by atoms with Gasteiger partial charge in [-0.05, 0) is 12.1 Å². The number of ether oxygens (including phenoxy) is 2. The van der Waals surface area contributed by atoms with Crippen molar-refractivity contribution in [1.82, 2.24) is 0 Å². The molecule has 0 saturated heterocycles. The predicted molar refractivity (Wildman–Crippen MR) is 63.9 cm³/mol. The molecular weight excluding hydrogens is 236 g/mol. The van der Waals surface area contributed by atoms with Crippen LogP contribution in [0.3, 0.4) is 0 Å². The van der Waals surface area contributed by atoms with Gasteiger partial charge >= 0.3 is 11.9 Å². The molecule has 0 aliphatic carbocycles. The van der Waals surface area contributed by atoms with E-state index in [1.54, 1.807) is 30.3 Å². The van der Waals surface area contributed by atoms with Gasteiger partial charge in [-0.2, -0.15) is 0 Å². The maximum atomic E-state index is 11.4. The Bertz CT molecular complexity index is 413. The van der Waals surface area contributed by atoms with Gasteiger partial charge in [0.2, 0.25) is 0 Å². The number of benzene rings is 1. The van der Waals surface area contributed by atoms with Crippen LogP contribution >= 0.6 is 0 Å². The summed E-state index contributed by atoms with van der Waals surface area (Å²) in [6, 6.07) is 8.40. The summed E-state index contributed by atoms with van der Waals surface area (Å²) >= 11 is 0. The number of carbonyl (C=O) groups excluding carboxylic acids is 2. The van der Waals surface area contributed by atoms with Gasteiger partial charge in [0, 0.05) is 12.5 Å². The summed E-state index contributed by atoms with van der Waals surface area (Å²) in [5.41, 5.74) is 0. The molecule has 0 bridgehead atoms. The lowest BCUT2D eigenvalue weighted by atomic mass is 10.2. The molecule has 0 spiro atoms. The summed E-state index contributed by atoms with van der Waals surface area (Å²) < 4.78 is 9.55. The molecule has 1 N–H and O–H groups in total. The first-order valence-electron chi connectivity index (χ1n) is 5.37. The Labute approximate surface area is 105 Å². The Hall–Kier alpha value is -2.14. The Morgan fingerprint density at radius 1 is 1.33 bits per heavy atom. The highest BCUT2D eigenvalue weighted by Crippen LogP contribution is 2.10. The SMILES string of the molecule is C=CC(=O)OCCC(O)C(=O)Oc1ccccc1. The first-order valence-corrected chi connectivity index (χ1v) is 5.37. The lowest BCUT2D eigenvalue weighted by Crippen LogP contribution is -2.27. The third-order valence-electron chi connectivity index (χ3n) is 2.04. The molecule has 1 rings (SSSR count). The molecule has 5 nitrogen and oxygen atoms in total. The maximum absolute atomic E-state index is 11.4. The van der Waals surface area contributed by atoms with Crippen molar-refractivity contribution in [2.24, 2.45) is 0 Å². The smallest absolute Gasteiger partial charge is 0.340 e. The first-order chi connectivity index (χ1) is 8.63. The number of rotatable bonds is 6. The van der Waals surface area contributed by atoms with Gasteiger partial charge in [0.15, 0.2) is 6.10 Å². The summed E-state index contributed by atoms with van der Waals surface area (Å²) in [4.78, 5) is 22.1. The third kappa shape index (κ3) is 4.80. The zero-order valence-corrected chi connectivity index (χ0v) is 9.74. The summed E-state index contributed by atoms with van der Waals surface area (Å²) in [6.45, 7) is 3.15. The summed E-state index contributed by atoms with van der Waals surface area (Å²) in [7, 11) is 0. The van der Waals surface area contributed by atoms with Crippen LogP contribution in [0.15, 0.2) is 43.0 Å². The van der Waals surface area contributed by atoms with Crippen molar-refractivity contribution in [1.29, 1.82) is 0 Å². The van der Waals surface area contributed by atoms with Crippen LogP contribution in [0.2, 0.25) is 0 Å². The van der Waals surface area contributed by atoms with E-state index in [0.717, 1.165) is 6.08 Å². The molecule has 1 unspecified atom stereocenters. The van der Waals surface area contributed by atoms with E-state index < -0.39 is 18.0 Å². The Balaban J connectivity index is 2.33. The van der Waals surface area contributed by atoms with E-state index in [1.807, 2.05) is 0 Å². The van der Waals surface area contributed by atoms with Gasteiger partial charge in [-0.1, -0.05) is 24.8 Å². The van der Waals surface area contributed by atoms with Crippen LogP contribution in [0, 0.1) is 0 Å². The minimum absolute atomic E-state index is 0.0226. The highest BCUT2D eigenvalue weighted by molar-refractivity contribution is 5.81. The Morgan fingerprint density at radius 2 is 2.00 bits per heavy atom. The molecule has 0 heterocycles. The minimum Gasteiger partial charge on any atom is -0.462 e. The fourth-order valence-electron chi connectivity index (χ4n) is 1.12. The molecule has 0 amide bonds. The van der Waals surface area contributed by atoms with Gasteiger partial charge in [0.1, 0.15) is 5.75 Å². The third-order valence-corrected chi connectivity index (χ3v) is 2.04. The average Bonchev–Trinajstić information content (AvgIpc) is 2.39. The number of aliphatic hydroxyl groups excluding tert-OH is 1. The second-order valence-corrected chi connectivity index (χ2v) is 3.41. The first kappa shape index (κ1) is 13.9. The van der Waals surface area contributed by atoms with Gasteiger partial charge in [0.25, 0.3) is 0 Å². The molecule has 96 valence electrons. The van der Waals surface area contributed by atoms with Crippen molar-refractivity contribution in [2.45, 2.75) is 12.5 Å². The van der Waals surface area contributed by atoms with Crippen molar-refractivity contribution in [3.05, 3.63) is 43.0 Å². The van der Waals surface area contributed by atoms with Crippen molar-refractivity contribution in [2.75, 3.05) is 6.61 Å². The molecule has 0 fully saturated rings. The molecule has 1 aromatic carbocycles. The van der Waals surface area contributed by atoms with Crippen LogP contribution in [0.4, 0.5) is 0 Å². The highest BCUT2D eigenvalue weighted by atomic mass is 16.6. The Morgan fingerprint density at radius 3 is 2.61 bits per heavy atom. The average molecular weight is 250 g/mol. The predicted octanol–water partition coefficient (Wildman–Crippen LogP) is 1.07. The molecule has 0 aromatic heterocycles. The van der Waals surface area contributed by atoms with E-state index in [9.17, 15) is 14.7 Å². The summed E-state index contributed by atoms with van der Waals surface area (Å²) in [5.74, 6) is -1.03. The molecule has 5 heteroatoms. The van der Waals surface area contributed by atoms with E-state index in [2.05, 4.69) is 11.3 Å². The van der Waals surface area contributed by atoms with Gasteiger partial charge < -0.3 is 14.6 Å². The summed E-state index contributed by atoms with van der Waals surface area (Å²) in [5, 5.41) is 9.47. The quantitative estimate of drug-likeness (QED) is 0.464. The van der Waals surface area contributed by atoms with E-state index in [-0.39, 0.29) is 13.0 Å². The highest BCUT2D eigenvalue weighted by Gasteiger charge is 2.17. The van der Waals surface area contributed by atoms with Crippen LogP contribution in [-0.4, -0.2) is 29.8 Å². The summed E-state index contributed by atoms with van der Waals surface area (Å²) in [6.07, 6.45) is -0.345. The van der Waals surface area contributed by atoms with Crippen molar-refractivity contribution in [3.63, 3.8) is 0 Å². The lowest BCUT2D eigenvalue weighted by molar-refractivity contribution is -0.147. The van der Waals surface area contributed by atoms with Gasteiger partial charge in [-0.25, -0.2) is 9.59 Å². The molecule has 1 atom stereocenters. The van der Waals surface area contributed by atoms with Crippen molar-refractivity contribution >= 4 is 11.9 Å². The monoisotopic (exact) mass is 250 g/mol. The number of esters is 2. The lowest BCUT2D eigenvalue weighted by Gasteiger charge is -2.10. The fraction of sp³-hybridized carbons (Fsp3) is 0.231. The van der Waals surface area contributed by atoms with Crippen LogP contribution in [0.5, 0.6) is 5.75 Å². The zero-order valence-electron chi connectivity index (χ0n) is 9.74. The number of para-hydroxylation sites is 1. The van der Waals surface area contributed by atoms with Crippen molar-refractivity contribution in [3.8, 4) is 5.75 Å². The van der Waals surface area contributed by atoms with Gasteiger partial charge in [-0.15, -0.1) is 0 Å². The molecule has 0 aliphatic heterocycles. The Kier molecular flexibility index (Phi) is 5.60. The van der Waals surface area contributed by atoms with Gasteiger partial charge in [0.05, 0.1) is 6.61 Å². The molecule has 18 heavy (non-hydrogen) atoms. The largest absolute Gasteiger partial charge is 0.462 e. The molecule has 0 radical (unpaired) electrons. The van der Waals surface area contributed by atoms with E-state index >= 15 is 0 Å². The molecule has 0 aliphatic rings. The zero-order chi connectivity index (χ0) is 13.4. The van der Waals surface area contributed by atoms with E-state index in [1.165, 1.54) is 0 Å². The van der Waals surface area contributed by atoms with Crippen LogP contribution in [-0.2, 0) is 14.3 Å². The number of hydrogen-bond donors (Lipinski definition) is 1. The topological polar surface area (TPSA) is 72.8 Å². The number of aliphatic hydroxyl groups is 1. The second-order valence-electron chi connectivity index (χ2n) is 3.41. The number of hydrogen-bond acceptors (Lipinski definition) is 5. The van der Waals surface area contributed by atoms with Gasteiger partial charge in [-0.3, -0.25) is 0 Å². The number of carbonyl (C=O) groups is 2. The molecule has 0 saturated carbocycles. The van der Waals surface area contributed by atoms with E-state index in [4.69, 9.17) is 4.74 Å². The van der Waals surface area contributed by atoms with Crippen LogP contribution in [0.25, 0.3) is 0 Å². The standard InChI is InChI=1S/C13H14O5/c1-2-12(15)17-9-8-11(14)13(16)18-10-6-4-3-5-7-10/h2-7,11,14H,1,8-9H2. The molecule has 1 aromatic rings. The minimum atomic E-state index is -1.33. The van der Waals surface area contributed by atoms with E-state index in [0.29, 0.717) is 5.75 Å². The fourth-order valence-corrected chi connectivity index (χ4v) is 1.12. The maximum Gasteiger partial charge on any atom is 0.340 e. The van der Waals surface area contributed by atoms with Crippen molar-refractivity contribution < 1.29 is 24.2 Å². The normalized spacial score (nSPS) is 11.4.